The zero-order valence-electron chi connectivity index (χ0n) is 25.6. The Morgan fingerprint density at radius 2 is 1.79 bits per heavy atom. The zero-order valence-corrected chi connectivity index (χ0v) is 27.8. The normalized spacial score (nSPS) is 17.6. The van der Waals surface area contributed by atoms with Crippen LogP contribution in [-0.4, -0.2) is 77.7 Å². The van der Waals surface area contributed by atoms with Gasteiger partial charge in [0.2, 0.25) is 5.91 Å². The average Bonchev–Trinajstić information content (AvgIpc) is 3.53. The zero-order chi connectivity index (χ0) is 33.7. The van der Waals surface area contributed by atoms with Crippen molar-refractivity contribution in [2.45, 2.75) is 37.8 Å². The quantitative estimate of drug-likeness (QED) is 0.158. The predicted octanol–water partition coefficient (Wildman–Crippen LogP) is 3.94. The molecule has 0 bridgehead atoms. The number of nitrogens with one attached hydrogen (secondary N) is 1. The van der Waals surface area contributed by atoms with Crippen molar-refractivity contribution in [3.63, 3.8) is 0 Å². The summed E-state index contributed by atoms with van der Waals surface area (Å²) in [5, 5.41) is 34.2. The van der Waals surface area contributed by atoms with Crippen molar-refractivity contribution in [2.75, 3.05) is 27.4 Å². The van der Waals surface area contributed by atoms with Crippen molar-refractivity contribution >= 4 is 45.4 Å². The first-order valence-electron chi connectivity index (χ1n) is 14.7. The number of methoxy groups -OCH3 is 2. The first-order chi connectivity index (χ1) is 22.7. The van der Waals surface area contributed by atoms with E-state index in [0.717, 1.165) is 0 Å². The maximum Gasteiger partial charge on any atom is 0.290 e. The number of carbonyl (C=O) groups is 2. The summed E-state index contributed by atoms with van der Waals surface area (Å²) in [6, 6.07) is 14.7. The molecule has 0 unspecified atom stereocenters. The van der Waals surface area contributed by atoms with Crippen LogP contribution in [-0.2, 0) is 17.9 Å². The summed E-state index contributed by atoms with van der Waals surface area (Å²) in [4.78, 5) is 29.0. The monoisotopic (exact) mass is 760 g/mol. The fourth-order valence-electron chi connectivity index (χ4n) is 5.46. The smallest absolute Gasteiger partial charge is 0.290 e. The minimum absolute atomic E-state index is 0.0116. The molecule has 4 N–H and O–H groups in total. The molecule has 0 saturated heterocycles. The van der Waals surface area contributed by atoms with Gasteiger partial charge in [0.1, 0.15) is 18.0 Å². The SMILES string of the molecule is COc1cc(CO)cc(I)c1O[C@H]1C=C(C(=O)NCCO)C[C@@H](N(Cc2ccc(F)cc2)C(=O)c2cc3cccc(OC)c3o2)[C@@H]1O. The van der Waals surface area contributed by atoms with E-state index in [1.165, 1.54) is 49.5 Å². The van der Waals surface area contributed by atoms with E-state index in [9.17, 15) is 29.3 Å². The molecule has 0 radical (unpaired) electrons. The Morgan fingerprint density at radius 1 is 1.04 bits per heavy atom. The first kappa shape index (κ1) is 34.2. The summed E-state index contributed by atoms with van der Waals surface area (Å²) in [6.45, 7) is -0.603. The summed E-state index contributed by atoms with van der Waals surface area (Å²) in [7, 11) is 2.93. The highest BCUT2D eigenvalue weighted by atomic mass is 127. The van der Waals surface area contributed by atoms with Gasteiger partial charge in [-0.25, -0.2) is 4.39 Å². The molecule has 1 aliphatic rings. The van der Waals surface area contributed by atoms with Crippen molar-refractivity contribution in [1.82, 2.24) is 10.2 Å². The molecule has 0 saturated carbocycles. The predicted molar refractivity (Wildman–Crippen MR) is 178 cm³/mol. The Hall–Kier alpha value is -4.18. The molecule has 4 aromatic rings. The van der Waals surface area contributed by atoms with Gasteiger partial charge in [0.25, 0.3) is 5.91 Å². The molecule has 1 heterocycles. The van der Waals surface area contributed by atoms with Crippen LogP contribution in [0, 0.1) is 9.39 Å². The highest BCUT2D eigenvalue weighted by molar-refractivity contribution is 14.1. The molecule has 47 heavy (non-hydrogen) atoms. The fraction of sp³-hybridized carbons (Fsp3) is 0.294. The number of fused-ring (bicyclic) bond motifs is 1. The molecule has 0 spiro atoms. The molecule has 2 amide bonds. The molecule has 3 aromatic carbocycles. The van der Waals surface area contributed by atoms with E-state index < -0.39 is 35.9 Å². The lowest BCUT2D eigenvalue weighted by Gasteiger charge is -2.40. The number of furan rings is 1. The van der Waals surface area contributed by atoms with E-state index in [1.54, 1.807) is 36.4 Å². The number of ether oxygens (including phenoxy) is 3. The average molecular weight is 761 g/mol. The second-order valence-corrected chi connectivity index (χ2v) is 12.0. The second kappa shape index (κ2) is 15.2. The van der Waals surface area contributed by atoms with Crippen LogP contribution in [0.1, 0.15) is 28.1 Å². The molecule has 11 nitrogen and oxygen atoms in total. The molecule has 1 aromatic heterocycles. The molecular formula is C34H34FIN2O9. The van der Waals surface area contributed by atoms with Gasteiger partial charge in [-0.05, 0) is 76.2 Å². The number of para-hydroxylation sites is 1. The molecule has 5 rings (SSSR count). The Bertz CT molecular complexity index is 1780. The lowest BCUT2D eigenvalue weighted by Crippen LogP contribution is -2.54. The van der Waals surface area contributed by atoms with Gasteiger partial charge >= 0.3 is 0 Å². The highest BCUT2D eigenvalue weighted by Crippen LogP contribution is 2.38. The molecule has 13 heteroatoms. The summed E-state index contributed by atoms with van der Waals surface area (Å²) < 4.78 is 37.6. The maximum absolute atomic E-state index is 14.3. The number of nitrogens with zero attached hydrogens (tertiary/aromatic N) is 1. The summed E-state index contributed by atoms with van der Waals surface area (Å²) in [5.74, 6) is -0.597. The third-order valence-corrected chi connectivity index (χ3v) is 8.61. The Balaban J connectivity index is 1.58. The largest absolute Gasteiger partial charge is 0.493 e. The van der Waals surface area contributed by atoms with Crippen molar-refractivity contribution in [2.24, 2.45) is 0 Å². The van der Waals surface area contributed by atoms with Crippen molar-refractivity contribution in [1.29, 1.82) is 0 Å². The molecule has 0 aliphatic heterocycles. The second-order valence-electron chi connectivity index (χ2n) is 10.8. The van der Waals surface area contributed by atoms with Crippen LogP contribution in [0.25, 0.3) is 11.0 Å². The number of aliphatic hydroxyl groups is 3. The molecule has 1 aliphatic carbocycles. The fourth-order valence-corrected chi connectivity index (χ4v) is 6.26. The maximum atomic E-state index is 14.3. The number of hydrogen-bond acceptors (Lipinski definition) is 9. The van der Waals surface area contributed by atoms with Gasteiger partial charge in [0.05, 0.1) is 37.0 Å². The number of amides is 2. The molecule has 248 valence electrons. The number of halogens is 2. The lowest BCUT2D eigenvalue weighted by molar-refractivity contribution is -0.118. The Morgan fingerprint density at radius 3 is 2.47 bits per heavy atom. The number of carbonyl (C=O) groups excluding carboxylic acids is 2. The van der Waals surface area contributed by atoms with Crippen molar-refractivity contribution in [3.8, 4) is 17.2 Å². The number of rotatable bonds is 12. The van der Waals surface area contributed by atoms with Crippen LogP contribution >= 0.6 is 22.6 Å². The van der Waals surface area contributed by atoms with Crippen LogP contribution < -0.4 is 19.5 Å². The Labute approximate surface area is 283 Å². The summed E-state index contributed by atoms with van der Waals surface area (Å²) in [5.41, 5.74) is 1.72. The van der Waals surface area contributed by atoms with Gasteiger partial charge < -0.3 is 44.2 Å². The lowest BCUT2D eigenvalue weighted by atomic mass is 9.87. The van der Waals surface area contributed by atoms with E-state index >= 15 is 0 Å². The van der Waals surface area contributed by atoms with Crippen molar-refractivity contribution in [3.05, 3.63) is 98.6 Å². The topological polar surface area (TPSA) is 151 Å². The van der Waals surface area contributed by atoms with E-state index in [4.69, 9.17) is 18.6 Å². The van der Waals surface area contributed by atoms with Crippen LogP contribution in [0.4, 0.5) is 4.39 Å². The van der Waals surface area contributed by atoms with Gasteiger partial charge in [0.15, 0.2) is 28.6 Å². The third-order valence-electron chi connectivity index (χ3n) is 7.81. The van der Waals surface area contributed by atoms with Crippen LogP contribution in [0.3, 0.4) is 0 Å². The minimum Gasteiger partial charge on any atom is -0.493 e. The van der Waals surface area contributed by atoms with Crippen LogP contribution in [0.2, 0.25) is 0 Å². The van der Waals surface area contributed by atoms with Gasteiger partial charge in [-0.3, -0.25) is 9.59 Å². The van der Waals surface area contributed by atoms with E-state index in [2.05, 4.69) is 5.32 Å². The number of benzene rings is 3. The van der Waals surface area contributed by atoms with Gasteiger partial charge in [-0.15, -0.1) is 0 Å². The summed E-state index contributed by atoms with van der Waals surface area (Å²) >= 11 is 2.02. The van der Waals surface area contributed by atoms with E-state index in [1.807, 2.05) is 22.6 Å². The molecular weight excluding hydrogens is 726 g/mol. The third kappa shape index (κ3) is 7.53. The summed E-state index contributed by atoms with van der Waals surface area (Å²) in [6.07, 6.45) is -1.11. The van der Waals surface area contributed by atoms with Crippen LogP contribution in [0.15, 0.2) is 76.7 Å². The van der Waals surface area contributed by atoms with Crippen molar-refractivity contribution < 1.29 is 47.9 Å². The van der Waals surface area contributed by atoms with E-state index in [-0.39, 0.29) is 49.8 Å². The van der Waals surface area contributed by atoms with Gasteiger partial charge in [-0.1, -0.05) is 24.3 Å². The molecule has 3 atom stereocenters. The number of hydrogen-bond donors (Lipinski definition) is 4. The van der Waals surface area contributed by atoms with Gasteiger partial charge in [-0.2, -0.15) is 0 Å². The van der Waals surface area contributed by atoms with E-state index in [0.29, 0.717) is 37.2 Å². The highest BCUT2D eigenvalue weighted by Gasteiger charge is 2.42. The Kier molecular flexibility index (Phi) is 11.0. The molecule has 0 fully saturated rings. The van der Waals surface area contributed by atoms with Gasteiger partial charge in [0, 0.05) is 30.5 Å². The first-order valence-corrected chi connectivity index (χ1v) is 15.8. The number of aliphatic hydroxyl groups excluding tert-OH is 3. The standard InChI is InChI=1S/C34H34FIN2O9/c1-44-26-5-3-4-21-15-29(47-31(21)26)34(43)38(17-19-6-8-23(35)9-7-19)25-14-22(33(42)37-10-11-39)16-27(30(25)41)46-32-24(36)12-20(18-40)13-28(32)45-2/h3-9,12-13,15-16,25,27,30,39-41H,10-11,14,17-18H2,1-2H3,(H,37,42)/t25-,27+,30+/m1/s1. The minimum atomic E-state index is -1.37. The van der Waals surface area contributed by atoms with Crippen LogP contribution in [0.5, 0.6) is 17.2 Å².